The fourth-order valence-electron chi connectivity index (χ4n) is 2.61. The van der Waals surface area contributed by atoms with Crippen LogP contribution in [0.2, 0.25) is 15.1 Å². The summed E-state index contributed by atoms with van der Waals surface area (Å²) in [4.78, 5) is 24.0. The van der Waals surface area contributed by atoms with Gasteiger partial charge in [0, 0.05) is 6.04 Å². The van der Waals surface area contributed by atoms with Gasteiger partial charge in [0.1, 0.15) is 0 Å². The van der Waals surface area contributed by atoms with Crippen molar-refractivity contribution in [2.24, 2.45) is 0 Å². The summed E-state index contributed by atoms with van der Waals surface area (Å²) in [5.74, 6) is -1.09. The SMILES string of the molecule is O=C(COC(=O)c1c(Cl)ccc(Cl)c1Cl)NC1CCCCCC1. The van der Waals surface area contributed by atoms with Gasteiger partial charge >= 0.3 is 5.97 Å². The summed E-state index contributed by atoms with van der Waals surface area (Å²) in [6.45, 7) is -0.367. The summed E-state index contributed by atoms with van der Waals surface area (Å²) in [5, 5.41) is 3.25. The Kier molecular flexibility index (Phi) is 7.00. The Morgan fingerprint density at radius 1 is 1.04 bits per heavy atom. The molecule has 7 heteroatoms. The number of benzene rings is 1. The second-order valence-electron chi connectivity index (χ2n) is 5.55. The molecule has 1 aliphatic carbocycles. The van der Waals surface area contributed by atoms with Crippen LogP contribution >= 0.6 is 34.8 Å². The van der Waals surface area contributed by atoms with Gasteiger partial charge in [-0.2, -0.15) is 0 Å². The van der Waals surface area contributed by atoms with Crippen molar-refractivity contribution in [3.8, 4) is 0 Å². The van der Waals surface area contributed by atoms with Crippen LogP contribution in [0.5, 0.6) is 0 Å². The molecule has 0 aromatic heterocycles. The molecule has 1 aromatic carbocycles. The zero-order chi connectivity index (χ0) is 16.8. The number of carbonyl (C=O) groups is 2. The molecule has 0 spiro atoms. The molecule has 0 unspecified atom stereocenters. The van der Waals surface area contributed by atoms with E-state index in [1.54, 1.807) is 0 Å². The Labute approximate surface area is 150 Å². The summed E-state index contributed by atoms with van der Waals surface area (Å²) < 4.78 is 5.00. The smallest absolute Gasteiger partial charge is 0.341 e. The number of hydrogen-bond acceptors (Lipinski definition) is 3. The first-order valence-electron chi connectivity index (χ1n) is 7.59. The maximum Gasteiger partial charge on any atom is 0.341 e. The Bertz CT molecular complexity index is 584. The van der Waals surface area contributed by atoms with Crippen LogP contribution in [0.25, 0.3) is 0 Å². The number of ether oxygens (including phenoxy) is 1. The Balaban J connectivity index is 1.89. The first-order valence-corrected chi connectivity index (χ1v) is 8.72. The van der Waals surface area contributed by atoms with Crippen LogP contribution in [-0.4, -0.2) is 24.5 Å². The maximum atomic E-state index is 12.1. The van der Waals surface area contributed by atoms with Crippen LogP contribution in [0.1, 0.15) is 48.9 Å². The molecule has 1 amide bonds. The zero-order valence-electron chi connectivity index (χ0n) is 12.5. The molecule has 1 aliphatic rings. The third-order valence-corrected chi connectivity index (χ3v) is 4.92. The van der Waals surface area contributed by atoms with Gasteiger partial charge < -0.3 is 10.1 Å². The van der Waals surface area contributed by atoms with Gasteiger partial charge in [-0.3, -0.25) is 4.79 Å². The number of nitrogens with one attached hydrogen (secondary N) is 1. The van der Waals surface area contributed by atoms with Gasteiger partial charge in [0.05, 0.1) is 20.6 Å². The van der Waals surface area contributed by atoms with E-state index in [4.69, 9.17) is 39.5 Å². The molecule has 4 nitrogen and oxygen atoms in total. The van der Waals surface area contributed by atoms with Gasteiger partial charge in [0.2, 0.25) is 0 Å². The average molecular weight is 379 g/mol. The highest BCUT2D eigenvalue weighted by molar-refractivity contribution is 6.46. The van der Waals surface area contributed by atoms with Gasteiger partial charge in [-0.15, -0.1) is 0 Å². The largest absolute Gasteiger partial charge is 0.452 e. The predicted molar refractivity (Wildman–Crippen MR) is 91.4 cm³/mol. The lowest BCUT2D eigenvalue weighted by Gasteiger charge is -2.16. The van der Waals surface area contributed by atoms with Crippen LogP contribution in [0, 0.1) is 0 Å². The fourth-order valence-corrected chi connectivity index (χ4v) is 3.29. The number of hydrogen-bond donors (Lipinski definition) is 1. The van der Waals surface area contributed by atoms with Crippen molar-refractivity contribution in [1.29, 1.82) is 0 Å². The van der Waals surface area contributed by atoms with Gasteiger partial charge in [0.15, 0.2) is 6.61 Å². The number of carbonyl (C=O) groups excluding carboxylic acids is 2. The molecule has 0 bridgehead atoms. The summed E-state index contributed by atoms with van der Waals surface area (Å²) >= 11 is 17.8. The van der Waals surface area contributed by atoms with E-state index in [2.05, 4.69) is 5.32 Å². The second-order valence-corrected chi connectivity index (χ2v) is 6.74. The molecule has 0 saturated heterocycles. The fraction of sp³-hybridized carbons (Fsp3) is 0.500. The van der Waals surface area contributed by atoms with Gasteiger partial charge in [-0.25, -0.2) is 4.79 Å². The molecule has 1 saturated carbocycles. The first-order chi connectivity index (χ1) is 11.0. The topological polar surface area (TPSA) is 55.4 Å². The minimum atomic E-state index is -0.765. The van der Waals surface area contributed by atoms with Gasteiger partial charge in [-0.05, 0) is 25.0 Å². The van der Waals surface area contributed by atoms with Crippen LogP contribution in [0.15, 0.2) is 12.1 Å². The average Bonchev–Trinajstić information content (AvgIpc) is 2.78. The highest BCUT2D eigenvalue weighted by Gasteiger charge is 2.21. The van der Waals surface area contributed by atoms with Crippen molar-refractivity contribution in [3.05, 3.63) is 32.8 Å². The van der Waals surface area contributed by atoms with E-state index in [0.717, 1.165) is 25.7 Å². The van der Waals surface area contributed by atoms with Crippen LogP contribution in [0.4, 0.5) is 0 Å². The number of rotatable bonds is 4. The van der Waals surface area contributed by atoms with E-state index in [-0.39, 0.29) is 39.2 Å². The molecule has 1 aromatic rings. The van der Waals surface area contributed by atoms with Crippen molar-refractivity contribution in [3.63, 3.8) is 0 Å². The summed E-state index contributed by atoms with van der Waals surface area (Å²) in [7, 11) is 0. The lowest BCUT2D eigenvalue weighted by molar-refractivity contribution is -0.125. The molecular weight excluding hydrogens is 361 g/mol. The van der Waals surface area contributed by atoms with Gasteiger partial charge in [0.25, 0.3) is 5.91 Å². The standard InChI is InChI=1S/C16H18Cl3NO3/c17-11-7-8-12(18)15(19)14(11)16(22)23-9-13(21)20-10-5-3-1-2-4-6-10/h7-8,10H,1-6,9H2,(H,20,21). The third-order valence-electron chi connectivity index (χ3n) is 3.80. The highest BCUT2D eigenvalue weighted by Crippen LogP contribution is 2.31. The predicted octanol–water partition coefficient (Wildman–Crippen LogP) is 4.64. The second kappa shape index (κ2) is 8.76. The molecule has 0 heterocycles. The van der Waals surface area contributed by atoms with Crippen molar-refractivity contribution >= 4 is 46.7 Å². The summed E-state index contributed by atoms with van der Waals surface area (Å²) in [6, 6.07) is 3.10. The monoisotopic (exact) mass is 377 g/mol. The Morgan fingerprint density at radius 3 is 2.30 bits per heavy atom. The normalized spacial score (nSPS) is 15.8. The summed E-state index contributed by atoms with van der Waals surface area (Å²) in [6.07, 6.45) is 6.55. The summed E-state index contributed by atoms with van der Waals surface area (Å²) in [5.41, 5.74) is -0.0249. The highest BCUT2D eigenvalue weighted by atomic mass is 35.5. The third kappa shape index (κ3) is 5.27. The van der Waals surface area contributed by atoms with E-state index < -0.39 is 5.97 Å². The van der Waals surface area contributed by atoms with E-state index in [0.29, 0.717) is 0 Å². The van der Waals surface area contributed by atoms with E-state index in [1.807, 2.05) is 0 Å². The van der Waals surface area contributed by atoms with Gasteiger partial charge in [-0.1, -0.05) is 60.5 Å². The number of esters is 1. The molecule has 2 rings (SSSR count). The zero-order valence-corrected chi connectivity index (χ0v) is 14.8. The van der Waals surface area contributed by atoms with E-state index in [9.17, 15) is 9.59 Å². The van der Waals surface area contributed by atoms with Crippen molar-refractivity contribution < 1.29 is 14.3 Å². The first kappa shape index (κ1) is 18.4. The van der Waals surface area contributed by atoms with E-state index >= 15 is 0 Å². The molecule has 0 atom stereocenters. The van der Waals surface area contributed by atoms with Crippen molar-refractivity contribution in [2.45, 2.75) is 44.6 Å². The quantitative estimate of drug-likeness (QED) is 0.471. The minimum Gasteiger partial charge on any atom is -0.452 e. The van der Waals surface area contributed by atoms with Crippen LogP contribution < -0.4 is 5.32 Å². The molecule has 0 radical (unpaired) electrons. The van der Waals surface area contributed by atoms with Crippen LogP contribution in [0.3, 0.4) is 0 Å². The minimum absolute atomic E-state index is 0.0216. The van der Waals surface area contributed by atoms with Crippen LogP contribution in [-0.2, 0) is 9.53 Å². The molecule has 0 aliphatic heterocycles. The lowest BCUT2D eigenvalue weighted by atomic mass is 10.1. The molecule has 1 N–H and O–H groups in total. The van der Waals surface area contributed by atoms with Crippen molar-refractivity contribution in [2.75, 3.05) is 6.61 Å². The molecular formula is C16H18Cl3NO3. The number of halogens is 3. The number of amides is 1. The van der Waals surface area contributed by atoms with Crippen molar-refractivity contribution in [1.82, 2.24) is 5.32 Å². The molecule has 1 fully saturated rings. The Hall–Kier alpha value is -0.970. The lowest BCUT2D eigenvalue weighted by Crippen LogP contribution is -2.37. The Morgan fingerprint density at radius 2 is 1.65 bits per heavy atom. The maximum absolute atomic E-state index is 12.1. The molecule has 126 valence electrons. The molecule has 23 heavy (non-hydrogen) atoms. The van der Waals surface area contributed by atoms with E-state index in [1.165, 1.54) is 25.0 Å².